The molecule has 2 aliphatic rings. The van der Waals surface area contributed by atoms with Gasteiger partial charge in [-0.1, -0.05) is 24.6 Å². The standard InChI is InChI=1S/C12H12N2O2/c15-10-12(7-4-8-12)11(16)14(13-10)9-5-2-1-3-6-9/h1-3,5-6H,4,7-8H2,(H,13,15). The number of rotatable bonds is 1. The number of hydrogen-bond acceptors (Lipinski definition) is 2. The molecule has 0 bridgehead atoms. The van der Waals surface area contributed by atoms with Crippen molar-refractivity contribution in [2.75, 3.05) is 5.01 Å². The first-order valence-corrected chi connectivity index (χ1v) is 5.45. The van der Waals surface area contributed by atoms with Crippen molar-refractivity contribution in [2.24, 2.45) is 5.41 Å². The first-order valence-electron chi connectivity index (χ1n) is 5.45. The van der Waals surface area contributed by atoms with E-state index in [-0.39, 0.29) is 11.8 Å². The number of hydrazine groups is 1. The van der Waals surface area contributed by atoms with Crippen LogP contribution in [0.2, 0.25) is 0 Å². The van der Waals surface area contributed by atoms with Gasteiger partial charge in [0.2, 0.25) is 0 Å². The first-order chi connectivity index (χ1) is 7.74. The van der Waals surface area contributed by atoms with Gasteiger partial charge in [-0.25, -0.2) is 5.01 Å². The Labute approximate surface area is 93.2 Å². The summed E-state index contributed by atoms with van der Waals surface area (Å²) >= 11 is 0. The second-order valence-corrected chi connectivity index (χ2v) is 4.35. The molecule has 0 unspecified atom stereocenters. The van der Waals surface area contributed by atoms with E-state index in [2.05, 4.69) is 5.43 Å². The van der Waals surface area contributed by atoms with Gasteiger partial charge in [0.1, 0.15) is 5.41 Å². The Morgan fingerprint density at radius 1 is 1.12 bits per heavy atom. The van der Waals surface area contributed by atoms with Crippen LogP contribution in [0, 0.1) is 5.41 Å². The molecule has 2 amide bonds. The lowest BCUT2D eigenvalue weighted by molar-refractivity contribution is -0.140. The lowest BCUT2D eigenvalue weighted by Crippen LogP contribution is -2.42. The highest BCUT2D eigenvalue weighted by atomic mass is 16.2. The first kappa shape index (κ1) is 9.39. The van der Waals surface area contributed by atoms with Crippen LogP contribution in [0.3, 0.4) is 0 Å². The third-order valence-corrected chi connectivity index (χ3v) is 3.48. The quantitative estimate of drug-likeness (QED) is 0.718. The predicted octanol–water partition coefficient (Wildman–Crippen LogP) is 1.23. The summed E-state index contributed by atoms with van der Waals surface area (Å²) in [4.78, 5) is 24.0. The maximum absolute atomic E-state index is 12.2. The number of hydrogen-bond donors (Lipinski definition) is 1. The molecule has 2 fully saturated rings. The van der Waals surface area contributed by atoms with Gasteiger partial charge in [-0.2, -0.15) is 0 Å². The summed E-state index contributed by atoms with van der Waals surface area (Å²) < 4.78 is 0. The molecule has 1 heterocycles. The summed E-state index contributed by atoms with van der Waals surface area (Å²) in [5, 5.41) is 1.38. The van der Waals surface area contributed by atoms with Crippen molar-refractivity contribution in [1.82, 2.24) is 5.43 Å². The van der Waals surface area contributed by atoms with E-state index in [4.69, 9.17) is 0 Å². The molecule has 3 rings (SSSR count). The molecule has 1 aliphatic heterocycles. The Morgan fingerprint density at radius 2 is 1.81 bits per heavy atom. The number of carbonyl (C=O) groups is 2. The zero-order valence-electron chi connectivity index (χ0n) is 8.77. The average molecular weight is 216 g/mol. The van der Waals surface area contributed by atoms with Crippen LogP contribution < -0.4 is 10.4 Å². The van der Waals surface area contributed by atoms with Crippen LogP contribution in [0.15, 0.2) is 30.3 Å². The summed E-state index contributed by atoms with van der Waals surface area (Å²) in [6.45, 7) is 0. The maximum Gasteiger partial charge on any atom is 0.261 e. The lowest BCUT2D eigenvalue weighted by Gasteiger charge is -2.32. The van der Waals surface area contributed by atoms with Gasteiger partial charge in [0, 0.05) is 0 Å². The third kappa shape index (κ3) is 1.04. The van der Waals surface area contributed by atoms with E-state index in [1.807, 2.05) is 30.3 Å². The zero-order chi connectivity index (χ0) is 11.2. The second-order valence-electron chi connectivity index (χ2n) is 4.35. The van der Waals surface area contributed by atoms with Crippen molar-refractivity contribution in [3.05, 3.63) is 30.3 Å². The highest BCUT2D eigenvalue weighted by Gasteiger charge is 2.58. The molecule has 1 aromatic carbocycles. The van der Waals surface area contributed by atoms with E-state index in [0.717, 1.165) is 12.1 Å². The van der Waals surface area contributed by atoms with Gasteiger partial charge >= 0.3 is 0 Å². The molecule has 4 heteroatoms. The zero-order valence-corrected chi connectivity index (χ0v) is 8.77. The molecule has 1 N–H and O–H groups in total. The minimum atomic E-state index is -0.754. The van der Waals surface area contributed by atoms with Gasteiger partial charge in [-0.15, -0.1) is 0 Å². The van der Waals surface area contributed by atoms with Crippen LogP contribution in [0.5, 0.6) is 0 Å². The lowest BCUT2D eigenvalue weighted by atomic mass is 9.68. The fourth-order valence-electron chi connectivity index (χ4n) is 2.30. The molecule has 16 heavy (non-hydrogen) atoms. The van der Waals surface area contributed by atoms with Crippen molar-refractivity contribution in [3.8, 4) is 0 Å². The molecule has 82 valence electrons. The number of nitrogens with zero attached hydrogens (tertiary/aromatic N) is 1. The molecular formula is C12H12N2O2. The molecule has 1 saturated carbocycles. The largest absolute Gasteiger partial charge is 0.272 e. The van der Waals surface area contributed by atoms with Gasteiger partial charge < -0.3 is 0 Å². The Bertz CT molecular complexity index is 451. The number of carbonyl (C=O) groups excluding carboxylic acids is 2. The van der Waals surface area contributed by atoms with Crippen LogP contribution in [-0.2, 0) is 9.59 Å². The van der Waals surface area contributed by atoms with Crippen molar-refractivity contribution >= 4 is 17.5 Å². The van der Waals surface area contributed by atoms with Crippen molar-refractivity contribution in [1.29, 1.82) is 0 Å². The van der Waals surface area contributed by atoms with Crippen LogP contribution in [0.4, 0.5) is 5.69 Å². The number of amides is 2. The van der Waals surface area contributed by atoms with E-state index in [0.29, 0.717) is 12.8 Å². The highest BCUT2D eigenvalue weighted by molar-refractivity contribution is 6.18. The van der Waals surface area contributed by atoms with E-state index in [1.54, 1.807) is 0 Å². The van der Waals surface area contributed by atoms with Crippen molar-refractivity contribution < 1.29 is 9.59 Å². The summed E-state index contributed by atoms with van der Waals surface area (Å²) in [6, 6.07) is 9.21. The van der Waals surface area contributed by atoms with Gasteiger partial charge in [-0.3, -0.25) is 15.0 Å². The number of para-hydroxylation sites is 1. The number of nitrogens with one attached hydrogen (secondary N) is 1. The Morgan fingerprint density at radius 3 is 2.31 bits per heavy atom. The van der Waals surface area contributed by atoms with E-state index < -0.39 is 5.41 Å². The van der Waals surface area contributed by atoms with E-state index in [1.165, 1.54) is 5.01 Å². The topological polar surface area (TPSA) is 49.4 Å². The molecule has 0 aromatic heterocycles. The van der Waals surface area contributed by atoms with Crippen LogP contribution >= 0.6 is 0 Å². The molecule has 1 saturated heterocycles. The monoisotopic (exact) mass is 216 g/mol. The van der Waals surface area contributed by atoms with Crippen LogP contribution in [0.25, 0.3) is 0 Å². The summed E-state index contributed by atoms with van der Waals surface area (Å²) in [6.07, 6.45) is 2.32. The maximum atomic E-state index is 12.2. The van der Waals surface area contributed by atoms with Gasteiger partial charge in [-0.05, 0) is 25.0 Å². The molecule has 4 nitrogen and oxygen atoms in total. The Hall–Kier alpha value is -1.84. The third-order valence-electron chi connectivity index (χ3n) is 3.48. The molecule has 1 aliphatic carbocycles. The SMILES string of the molecule is O=C1NN(c2ccccc2)C(=O)C12CCC2. The number of anilines is 1. The Kier molecular flexibility index (Phi) is 1.80. The molecular weight excluding hydrogens is 204 g/mol. The predicted molar refractivity (Wildman–Crippen MR) is 58.4 cm³/mol. The van der Waals surface area contributed by atoms with Gasteiger partial charge in [0.05, 0.1) is 5.69 Å². The summed E-state index contributed by atoms with van der Waals surface area (Å²) in [5.41, 5.74) is 2.63. The number of benzene rings is 1. The second kappa shape index (κ2) is 3.07. The van der Waals surface area contributed by atoms with Crippen molar-refractivity contribution in [3.63, 3.8) is 0 Å². The Balaban J connectivity index is 1.95. The van der Waals surface area contributed by atoms with E-state index >= 15 is 0 Å². The average Bonchev–Trinajstić information content (AvgIpc) is 2.51. The van der Waals surface area contributed by atoms with Gasteiger partial charge in [0.25, 0.3) is 11.8 Å². The molecule has 1 spiro atoms. The summed E-state index contributed by atoms with van der Waals surface area (Å²) in [5.74, 6) is -0.248. The smallest absolute Gasteiger partial charge is 0.261 e. The molecule has 0 radical (unpaired) electrons. The summed E-state index contributed by atoms with van der Waals surface area (Å²) in [7, 11) is 0. The van der Waals surface area contributed by atoms with Crippen LogP contribution in [-0.4, -0.2) is 11.8 Å². The van der Waals surface area contributed by atoms with Gasteiger partial charge in [0.15, 0.2) is 0 Å². The fourth-order valence-corrected chi connectivity index (χ4v) is 2.30. The minimum Gasteiger partial charge on any atom is -0.272 e. The molecule has 1 aromatic rings. The fraction of sp³-hybridized carbons (Fsp3) is 0.333. The van der Waals surface area contributed by atoms with Crippen LogP contribution in [0.1, 0.15) is 19.3 Å². The van der Waals surface area contributed by atoms with E-state index in [9.17, 15) is 9.59 Å². The highest BCUT2D eigenvalue weighted by Crippen LogP contribution is 2.46. The normalized spacial score (nSPS) is 22.1. The minimum absolute atomic E-state index is 0.102. The van der Waals surface area contributed by atoms with Crippen molar-refractivity contribution in [2.45, 2.75) is 19.3 Å². The molecule has 0 atom stereocenters.